The standard InChI is InChI=1S/3C10H21O3P.Cr/c3*1-2-3-4-5-6-7-8-9-10-13-14(11)12;/h3*2-10H2,1H3;/q;;;+3. The van der Waals surface area contributed by atoms with Gasteiger partial charge in [-0.2, -0.15) is 0 Å². The molecule has 1 radical (unpaired) electrons. The van der Waals surface area contributed by atoms with Gasteiger partial charge in [0.15, 0.2) is 0 Å². The Morgan fingerprint density at radius 1 is 0.349 bits per heavy atom. The minimum atomic E-state index is -2.63. The molecule has 0 amide bonds. The first-order chi connectivity index (χ1) is 20.3. The van der Waals surface area contributed by atoms with E-state index in [1.807, 2.05) is 0 Å². The van der Waals surface area contributed by atoms with E-state index in [-0.39, 0.29) is 17.4 Å². The van der Waals surface area contributed by atoms with Crippen LogP contribution in [-0.4, -0.2) is 19.8 Å². The molecule has 0 bridgehead atoms. The Bertz CT molecular complexity index is 501. The second kappa shape index (κ2) is 47.0. The molecule has 0 aromatic heterocycles. The van der Waals surface area contributed by atoms with E-state index < -0.39 is 24.8 Å². The van der Waals surface area contributed by atoms with E-state index in [9.17, 15) is 28.4 Å². The van der Waals surface area contributed by atoms with Crippen molar-refractivity contribution in [3.05, 3.63) is 0 Å². The fourth-order valence-corrected chi connectivity index (χ4v) is 4.96. The van der Waals surface area contributed by atoms with Gasteiger partial charge in [0.25, 0.3) is 0 Å². The van der Waals surface area contributed by atoms with Crippen LogP contribution in [0.3, 0.4) is 0 Å². The predicted molar refractivity (Wildman–Crippen MR) is 169 cm³/mol. The third kappa shape index (κ3) is 62.2. The van der Waals surface area contributed by atoms with E-state index in [1.54, 1.807) is 0 Å². The molecule has 43 heavy (non-hydrogen) atoms. The fraction of sp³-hybridized carbons (Fsp3) is 1.00. The largest absolute Gasteiger partial charge is 3.00 e. The third-order valence-electron chi connectivity index (χ3n) is 6.58. The van der Waals surface area contributed by atoms with Gasteiger partial charge in [0.2, 0.25) is 0 Å². The summed E-state index contributed by atoms with van der Waals surface area (Å²) in [5, 5.41) is 0. The molecule has 0 aromatic rings. The van der Waals surface area contributed by atoms with Crippen molar-refractivity contribution in [1.29, 1.82) is 0 Å². The van der Waals surface area contributed by atoms with E-state index in [1.165, 1.54) is 116 Å². The van der Waals surface area contributed by atoms with Crippen LogP contribution >= 0.6 is 24.8 Å². The molecule has 9 nitrogen and oxygen atoms in total. The maximum Gasteiger partial charge on any atom is 3.00 e. The van der Waals surface area contributed by atoms with Gasteiger partial charge in [-0.05, 0) is 33.0 Å². The molecule has 0 saturated heterocycles. The monoisotopic (exact) mass is 712 g/mol. The molecule has 0 aromatic carbocycles. The van der Waals surface area contributed by atoms with Gasteiger partial charge < -0.3 is 14.7 Å². The number of hydrogen-bond donors (Lipinski definition) is 0. The Morgan fingerprint density at radius 2 is 0.512 bits per heavy atom. The molecule has 0 rings (SSSR count). The summed E-state index contributed by atoms with van der Waals surface area (Å²) in [6, 6.07) is 0. The molecule has 13 heteroatoms. The van der Waals surface area contributed by atoms with Gasteiger partial charge in [-0.25, -0.2) is 0 Å². The molecular weight excluding hydrogens is 649 g/mol. The average molecular weight is 713 g/mol. The number of hydrogen-bond acceptors (Lipinski definition) is 9. The van der Waals surface area contributed by atoms with Gasteiger partial charge in [0, 0.05) is 0 Å². The first kappa shape index (κ1) is 50.4. The number of rotatable bonds is 30. The Morgan fingerprint density at radius 3 is 0.674 bits per heavy atom. The summed E-state index contributed by atoms with van der Waals surface area (Å²) in [6.07, 6.45) is 29.0. The molecule has 0 saturated carbocycles. The summed E-state index contributed by atoms with van der Waals surface area (Å²) < 4.78 is 43.4. The van der Waals surface area contributed by atoms with Gasteiger partial charge in [0.1, 0.15) is 19.8 Å². The molecular formula is C30H63CrO9P3+3. The van der Waals surface area contributed by atoms with Crippen molar-refractivity contribution in [1.82, 2.24) is 0 Å². The van der Waals surface area contributed by atoms with Gasteiger partial charge in [-0.3, -0.25) is 0 Å². The van der Waals surface area contributed by atoms with Crippen molar-refractivity contribution in [2.75, 3.05) is 19.8 Å². The van der Waals surface area contributed by atoms with Gasteiger partial charge in [0.05, 0.1) is 0 Å². The smallest absolute Gasteiger partial charge is 0.566 e. The van der Waals surface area contributed by atoms with Crippen LogP contribution in [0.1, 0.15) is 175 Å². The zero-order valence-electron chi connectivity index (χ0n) is 27.5. The molecule has 3 unspecified atom stereocenters. The first-order valence-corrected chi connectivity index (χ1v) is 19.9. The molecule has 0 aliphatic carbocycles. The molecule has 0 fully saturated rings. The van der Waals surface area contributed by atoms with Crippen LogP contribution in [0, 0.1) is 0 Å². The van der Waals surface area contributed by atoms with E-state index in [0.717, 1.165) is 38.5 Å². The van der Waals surface area contributed by atoms with E-state index in [0.29, 0.717) is 19.8 Å². The summed E-state index contributed by atoms with van der Waals surface area (Å²) in [5.74, 6) is 0. The van der Waals surface area contributed by atoms with Crippen LogP contribution in [0.2, 0.25) is 0 Å². The molecule has 255 valence electrons. The van der Waals surface area contributed by atoms with Crippen molar-refractivity contribution in [2.24, 2.45) is 0 Å². The summed E-state index contributed by atoms with van der Waals surface area (Å²) in [6.45, 7) is 7.69. The summed E-state index contributed by atoms with van der Waals surface area (Å²) >= 11 is 0. The zero-order valence-corrected chi connectivity index (χ0v) is 31.5. The molecule has 0 aliphatic heterocycles. The van der Waals surface area contributed by atoms with Crippen molar-refractivity contribution < 1.29 is 59.3 Å². The average Bonchev–Trinajstić information content (AvgIpc) is 2.95. The van der Waals surface area contributed by atoms with Crippen molar-refractivity contribution in [3.63, 3.8) is 0 Å². The second-order valence-corrected chi connectivity index (χ2v) is 12.7. The van der Waals surface area contributed by atoms with Crippen LogP contribution in [0.4, 0.5) is 0 Å². The summed E-state index contributed by atoms with van der Waals surface area (Å²) in [7, 11) is -7.90. The Kier molecular flexibility index (Phi) is 55.1. The van der Waals surface area contributed by atoms with Gasteiger partial charge in [-0.1, -0.05) is 156 Å². The minimum absolute atomic E-state index is 0. The van der Waals surface area contributed by atoms with Crippen LogP contribution in [-0.2, 0) is 44.6 Å². The maximum atomic E-state index is 10.0. The van der Waals surface area contributed by atoms with Crippen molar-refractivity contribution in [2.45, 2.75) is 175 Å². The van der Waals surface area contributed by atoms with Crippen LogP contribution in [0.5, 0.6) is 0 Å². The number of unbranched alkanes of at least 4 members (excludes halogenated alkanes) is 21. The predicted octanol–water partition coefficient (Wildman–Crippen LogP) is 9.48. The van der Waals surface area contributed by atoms with Gasteiger partial charge >= 0.3 is 42.1 Å². The molecule has 0 N–H and O–H groups in total. The Hall–Kier alpha value is 0.592. The van der Waals surface area contributed by atoms with Gasteiger partial charge in [-0.15, -0.1) is 13.6 Å². The van der Waals surface area contributed by atoms with E-state index in [4.69, 9.17) is 0 Å². The fourth-order valence-electron chi connectivity index (χ4n) is 4.13. The topological polar surface area (TPSA) is 148 Å². The third-order valence-corrected chi connectivity index (χ3v) is 7.76. The van der Waals surface area contributed by atoms with Crippen molar-refractivity contribution >= 4 is 24.8 Å². The summed E-state index contributed by atoms with van der Waals surface area (Å²) in [4.78, 5) is 30.1. The minimum Gasteiger partial charge on any atom is -0.566 e. The first-order valence-electron chi connectivity index (χ1n) is 16.6. The van der Waals surface area contributed by atoms with E-state index in [2.05, 4.69) is 34.3 Å². The normalized spacial score (nSPS) is 11.4. The second-order valence-electron chi connectivity index (χ2n) is 10.6. The summed E-state index contributed by atoms with van der Waals surface area (Å²) in [5.41, 5.74) is 0. The SMILES string of the molecule is CCCCCCCCCCO[P+](=O)[O-].CCCCCCCCCCO[P+](=O)[O-].CCCCCCCCCCO[P+](=O)[O-].[Cr+3]. The van der Waals surface area contributed by atoms with Crippen molar-refractivity contribution in [3.8, 4) is 0 Å². The molecule has 0 spiro atoms. The van der Waals surface area contributed by atoms with Crippen LogP contribution < -0.4 is 14.7 Å². The quantitative estimate of drug-likeness (QED) is 0.0524. The van der Waals surface area contributed by atoms with Crippen LogP contribution in [0.25, 0.3) is 0 Å². The molecule has 0 heterocycles. The molecule has 3 atom stereocenters. The maximum absolute atomic E-state index is 10.0. The Labute approximate surface area is 278 Å². The Balaban J connectivity index is -0.000000262. The van der Waals surface area contributed by atoms with Crippen LogP contribution in [0.15, 0.2) is 0 Å². The molecule has 0 aliphatic rings. The zero-order chi connectivity index (χ0) is 31.9. The van der Waals surface area contributed by atoms with E-state index >= 15 is 0 Å².